The number of anilines is 2. The van der Waals surface area contributed by atoms with Gasteiger partial charge in [0.15, 0.2) is 11.5 Å². The normalized spacial score (nSPS) is 27.0. The molecule has 3 atom stereocenters. The second kappa shape index (κ2) is 12.4. The summed E-state index contributed by atoms with van der Waals surface area (Å²) in [5.74, 6) is -0.318. The second-order valence-electron chi connectivity index (χ2n) is 12.2. The molecule has 0 aliphatic carbocycles. The highest BCUT2D eigenvalue weighted by molar-refractivity contribution is 5.93. The van der Waals surface area contributed by atoms with Crippen molar-refractivity contribution in [1.29, 1.82) is 0 Å². The molecule has 9 nitrogen and oxygen atoms in total. The van der Waals surface area contributed by atoms with Crippen molar-refractivity contribution < 1.29 is 23.0 Å². The maximum Gasteiger partial charge on any atom is 0.251 e. The van der Waals surface area contributed by atoms with Gasteiger partial charge in [-0.05, 0) is 66.4 Å². The first-order valence-corrected chi connectivity index (χ1v) is 15.1. The summed E-state index contributed by atoms with van der Waals surface area (Å²) in [6.45, 7) is 8.49. The fourth-order valence-corrected chi connectivity index (χ4v) is 6.47. The molecular weight excluding hydrogens is 530 g/mol. The van der Waals surface area contributed by atoms with Gasteiger partial charge >= 0.3 is 0 Å². The number of aromatic nitrogens is 2. The first-order valence-electron chi connectivity index (χ1n) is 15.1. The summed E-state index contributed by atoms with van der Waals surface area (Å²) in [5.41, 5.74) is 0.273. The van der Waals surface area contributed by atoms with Crippen molar-refractivity contribution in [2.75, 3.05) is 70.8 Å². The van der Waals surface area contributed by atoms with Gasteiger partial charge in [0.05, 0.1) is 37.1 Å². The van der Waals surface area contributed by atoms with Gasteiger partial charge in [-0.3, -0.25) is 4.90 Å². The van der Waals surface area contributed by atoms with Crippen LogP contribution in [0.2, 0.25) is 0 Å². The van der Waals surface area contributed by atoms with Crippen LogP contribution >= 0.6 is 0 Å². The van der Waals surface area contributed by atoms with Crippen LogP contribution < -0.4 is 19.7 Å². The van der Waals surface area contributed by atoms with Crippen molar-refractivity contribution in [1.82, 2.24) is 19.8 Å². The minimum Gasteiger partial charge on any atom is -0.493 e. The van der Waals surface area contributed by atoms with E-state index in [1.807, 2.05) is 17.0 Å². The summed E-state index contributed by atoms with van der Waals surface area (Å²) in [6.07, 6.45) is 4.68. The lowest BCUT2D eigenvalue weighted by Gasteiger charge is -2.48. The maximum atomic E-state index is 14.0. The monoisotopic (exact) mass is 576 g/mol. The third-order valence-corrected chi connectivity index (χ3v) is 8.74. The maximum absolute atomic E-state index is 14.0. The van der Waals surface area contributed by atoms with Crippen LogP contribution in [-0.4, -0.2) is 104 Å². The molecule has 3 fully saturated rings. The van der Waals surface area contributed by atoms with Crippen molar-refractivity contribution in [3.63, 3.8) is 0 Å². The highest BCUT2D eigenvalue weighted by Gasteiger charge is 2.42. The number of piperidine rings is 1. The number of hydrogen-bond acceptors (Lipinski definition) is 9. The van der Waals surface area contributed by atoms with E-state index in [4.69, 9.17) is 24.2 Å². The van der Waals surface area contributed by atoms with Gasteiger partial charge in [0.25, 0.3) is 5.92 Å². The van der Waals surface area contributed by atoms with Crippen molar-refractivity contribution in [3.05, 3.63) is 12.1 Å². The number of nitrogens with one attached hydrogen (secondary N) is 1. The third kappa shape index (κ3) is 6.94. The van der Waals surface area contributed by atoms with Gasteiger partial charge < -0.3 is 29.3 Å². The molecule has 0 amide bonds. The van der Waals surface area contributed by atoms with Gasteiger partial charge in [-0.15, -0.1) is 0 Å². The Hall–Kier alpha value is -2.50. The lowest BCUT2D eigenvalue weighted by Crippen LogP contribution is -2.58. The first-order chi connectivity index (χ1) is 19.6. The molecule has 0 radical (unpaired) electrons. The van der Waals surface area contributed by atoms with Gasteiger partial charge in [0.2, 0.25) is 5.95 Å². The average Bonchev–Trinajstić information content (AvgIpc) is 3.43. The molecule has 4 heterocycles. The molecule has 0 saturated carbocycles. The predicted molar refractivity (Wildman–Crippen MR) is 158 cm³/mol. The Morgan fingerprint density at radius 3 is 2.34 bits per heavy atom. The second-order valence-corrected chi connectivity index (χ2v) is 12.2. The number of benzene rings is 1. The molecule has 1 unspecified atom stereocenters. The fraction of sp³-hybridized carbons (Fsp3) is 0.733. The van der Waals surface area contributed by atoms with E-state index in [2.05, 4.69) is 43.1 Å². The van der Waals surface area contributed by atoms with E-state index in [0.29, 0.717) is 35.4 Å². The molecule has 3 aliphatic rings. The zero-order valence-electron chi connectivity index (χ0n) is 25.2. The van der Waals surface area contributed by atoms with Crippen LogP contribution in [0.5, 0.6) is 11.5 Å². The number of nitrogens with zero attached hydrogens (tertiary/aromatic N) is 5. The molecule has 41 heavy (non-hydrogen) atoms. The summed E-state index contributed by atoms with van der Waals surface area (Å²) in [7, 11) is 5.75. The molecule has 3 saturated heterocycles. The van der Waals surface area contributed by atoms with Crippen LogP contribution in [0.1, 0.15) is 58.8 Å². The molecule has 11 heteroatoms. The van der Waals surface area contributed by atoms with Gasteiger partial charge in [0.1, 0.15) is 5.82 Å². The first kappa shape index (κ1) is 30.0. The highest BCUT2D eigenvalue weighted by atomic mass is 19.3. The van der Waals surface area contributed by atoms with Crippen molar-refractivity contribution in [2.24, 2.45) is 0 Å². The summed E-state index contributed by atoms with van der Waals surface area (Å²) in [6, 6.07) is 3.83. The SMILES string of the molecule is COc1cc2c(NC3(N(C)C)C[C@@H](C)O[C@@H](C)C3)nc(N3CCC(F)(F)CC3)nc2cc1OCCCN1CCCC1. The number of methoxy groups -OCH3 is 1. The lowest BCUT2D eigenvalue weighted by molar-refractivity contribution is -0.0863. The van der Waals surface area contributed by atoms with E-state index in [1.54, 1.807) is 7.11 Å². The highest BCUT2D eigenvalue weighted by Crippen LogP contribution is 2.40. The number of likely N-dealkylation sites (tertiary alicyclic amines) is 1. The molecule has 0 spiro atoms. The van der Waals surface area contributed by atoms with Crippen LogP contribution in [0.3, 0.4) is 0 Å². The average molecular weight is 577 g/mol. The molecule has 1 aromatic heterocycles. The van der Waals surface area contributed by atoms with Crippen LogP contribution in [0, 0.1) is 0 Å². The minimum absolute atomic E-state index is 0.0562. The molecule has 3 aliphatic heterocycles. The Balaban J connectivity index is 1.49. The standard InChI is InChI=1S/C30H46F2N6O3/c1-21-19-30(36(3)4,20-22(2)41-21)35-27-23-17-25(39-5)26(40-16-8-13-37-11-6-7-12-37)18-24(23)33-28(34-27)38-14-9-29(31,32)10-15-38/h17-18,21-22H,6-16,19-20H2,1-5H3,(H,33,34,35)/t21-,22+,30?. The molecule has 1 aromatic carbocycles. The lowest BCUT2D eigenvalue weighted by atomic mass is 9.91. The summed E-state index contributed by atoms with van der Waals surface area (Å²) in [5, 5.41) is 4.56. The van der Waals surface area contributed by atoms with Crippen LogP contribution in [0.15, 0.2) is 12.1 Å². The van der Waals surface area contributed by atoms with Crippen molar-refractivity contribution in [2.45, 2.75) is 82.6 Å². The number of fused-ring (bicyclic) bond motifs is 1. The van der Waals surface area contributed by atoms with E-state index in [-0.39, 0.29) is 38.1 Å². The fourth-order valence-electron chi connectivity index (χ4n) is 6.47. The smallest absolute Gasteiger partial charge is 0.251 e. The van der Waals surface area contributed by atoms with E-state index in [9.17, 15) is 8.78 Å². The van der Waals surface area contributed by atoms with E-state index in [0.717, 1.165) is 44.3 Å². The Labute approximate surface area is 242 Å². The Kier molecular flexibility index (Phi) is 9.06. The Morgan fingerprint density at radius 2 is 1.71 bits per heavy atom. The molecule has 2 aromatic rings. The van der Waals surface area contributed by atoms with Crippen molar-refractivity contribution in [3.8, 4) is 11.5 Å². The summed E-state index contributed by atoms with van der Waals surface area (Å²) >= 11 is 0. The van der Waals surface area contributed by atoms with Crippen LogP contribution in [-0.2, 0) is 4.74 Å². The largest absolute Gasteiger partial charge is 0.493 e. The van der Waals surface area contributed by atoms with Crippen LogP contribution in [0.25, 0.3) is 10.9 Å². The zero-order valence-corrected chi connectivity index (χ0v) is 25.2. The zero-order chi connectivity index (χ0) is 29.2. The van der Waals surface area contributed by atoms with Crippen LogP contribution in [0.4, 0.5) is 20.5 Å². The third-order valence-electron chi connectivity index (χ3n) is 8.74. The topological polar surface area (TPSA) is 75.2 Å². The van der Waals surface area contributed by atoms with Gasteiger partial charge in [-0.25, -0.2) is 13.8 Å². The summed E-state index contributed by atoms with van der Waals surface area (Å²) in [4.78, 5) is 16.4. The van der Waals surface area contributed by atoms with Crippen molar-refractivity contribution >= 4 is 22.7 Å². The van der Waals surface area contributed by atoms with Gasteiger partial charge in [0, 0.05) is 56.8 Å². The molecule has 0 bridgehead atoms. The van der Waals surface area contributed by atoms with E-state index >= 15 is 0 Å². The Morgan fingerprint density at radius 1 is 1.02 bits per heavy atom. The summed E-state index contributed by atoms with van der Waals surface area (Å²) < 4.78 is 46.0. The van der Waals surface area contributed by atoms with E-state index in [1.165, 1.54) is 12.8 Å². The van der Waals surface area contributed by atoms with Gasteiger partial charge in [-0.2, -0.15) is 4.98 Å². The number of hydrogen-bond donors (Lipinski definition) is 1. The Bertz CT molecular complexity index is 1170. The van der Waals surface area contributed by atoms with Gasteiger partial charge in [-0.1, -0.05) is 0 Å². The molecular formula is C30H46F2N6O3. The molecule has 228 valence electrons. The predicted octanol–water partition coefficient (Wildman–Crippen LogP) is 5.00. The number of ether oxygens (including phenoxy) is 3. The number of alkyl halides is 2. The molecule has 1 N–H and O–H groups in total. The molecule has 5 rings (SSSR count). The minimum atomic E-state index is -2.65. The number of halogens is 2. The van der Waals surface area contributed by atoms with E-state index < -0.39 is 11.6 Å². The number of rotatable bonds is 10. The quantitative estimate of drug-likeness (QED) is 0.311.